The fourth-order valence-corrected chi connectivity index (χ4v) is 1.52. The molecule has 3 nitrogen and oxygen atoms in total. The number of nitrogens with one attached hydrogen (secondary N) is 1. The predicted molar refractivity (Wildman–Crippen MR) is 65.5 cm³/mol. The van der Waals surface area contributed by atoms with E-state index in [0.29, 0.717) is 17.3 Å². The van der Waals surface area contributed by atoms with Gasteiger partial charge in [-0.25, -0.2) is 8.78 Å². The number of nitrogens with zero attached hydrogens (tertiary/aromatic N) is 1. The third-order valence-corrected chi connectivity index (χ3v) is 2.40. The molecule has 0 aliphatic heterocycles. The lowest BCUT2D eigenvalue weighted by atomic mass is 10.2. The third-order valence-electron chi connectivity index (χ3n) is 2.40. The maximum atomic E-state index is 13.0. The van der Waals surface area contributed by atoms with E-state index in [4.69, 9.17) is 5.26 Å². The first-order chi connectivity index (χ1) is 9.08. The third kappa shape index (κ3) is 3.13. The number of carbonyl (C=O) groups is 1. The summed E-state index contributed by atoms with van der Waals surface area (Å²) in [7, 11) is 0. The molecule has 0 unspecified atom stereocenters. The van der Waals surface area contributed by atoms with Crippen LogP contribution in [0.2, 0.25) is 0 Å². The molecule has 0 fully saturated rings. The van der Waals surface area contributed by atoms with Gasteiger partial charge in [-0.1, -0.05) is 0 Å². The van der Waals surface area contributed by atoms with Crippen LogP contribution in [-0.4, -0.2) is 5.91 Å². The van der Waals surface area contributed by atoms with Crippen LogP contribution in [0.5, 0.6) is 0 Å². The van der Waals surface area contributed by atoms with Gasteiger partial charge in [0.05, 0.1) is 11.6 Å². The second kappa shape index (κ2) is 5.27. The van der Waals surface area contributed by atoms with Gasteiger partial charge in [0, 0.05) is 17.3 Å². The van der Waals surface area contributed by atoms with Crippen LogP contribution in [0.15, 0.2) is 42.5 Å². The lowest BCUT2D eigenvalue weighted by Crippen LogP contribution is -2.12. The minimum absolute atomic E-state index is 0.109. The van der Waals surface area contributed by atoms with Crippen molar-refractivity contribution in [1.82, 2.24) is 0 Å². The molecule has 0 aliphatic rings. The summed E-state index contributed by atoms with van der Waals surface area (Å²) in [4.78, 5) is 11.8. The summed E-state index contributed by atoms with van der Waals surface area (Å²) >= 11 is 0. The van der Waals surface area contributed by atoms with E-state index in [9.17, 15) is 13.6 Å². The van der Waals surface area contributed by atoms with Crippen molar-refractivity contribution in [1.29, 1.82) is 5.26 Å². The van der Waals surface area contributed by atoms with Crippen molar-refractivity contribution in [2.75, 3.05) is 5.32 Å². The van der Waals surface area contributed by atoms with Crippen LogP contribution in [-0.2, 0) is 0 Å². The molecule has 0 saturated carbocycles. The highest BCUT2D eigenvalue weighted by Gasteiger charge is 2.09. The fraction of sp³-hybridized carbons (Fsp3) is 0. The van der Waals surface area contributed by atoms with Gasteiger partial charge in [-0.15, -0.1) is 0 Å². The zero-order valence-electron chi connectivity index (χ0n) is 9.65. The zero-order chi connectivity index (χ0) is 13.8. The molecule has 0 radical (unpaired) electrons. The maximum absolute atomic E-state index is 13.0. The number of carbonyl (C=O) groups excluding carboxylic acids is 1. The fourth-order valence-electron chi connectivity index (χ4n) is 1.52. The molecule has 0 saturated heterocycles. The molecule has 0 aromatic heterocycles. The van der Waals surface area contributed by atoms with E-state index in [2.05, 4.69) is 5.32 Å². The van der Waals surface area contributed by atoms with Crippen LogP contribution in [0.4, 0.5) is 14.5 Å². The smallest absolute Gasteiger partial charge is 0.255 e. The number of rotatable bonds is 2. The van der Waals surface area contributed by atoms with Crippen molar-refractivity contribution in [2.45, 2.75) is 0 Å². The Hall–Kier alpha value is -2.74. The van der Waals surface area contributed by atoms with Gasteiger partial charge in [0.1, 0.15) is 11.6 Å². The molecule has 2 aromatic rings. The van der Waals surface area contributed by atoms with Crippen molar-refractivity contribution in [3.05, 3.63) is 65.2 Å². The van der Waals surface area contributed by atoms with E-state index in [1.165, 1.54) is 24.3 Å². The Morgan fingerprint density at radius 1 is 1.05 bits per heavy atom. The molecule has 0 heterocycles. The Kier molecular flexibility index (Phi) is 3.53. The molecule has 1 amide bonds. The largest absolute Gasteiger partial charge is 0.322 e. The minimum Gasteiger partial charge on any atom is -0.322 e. The monoisotopic (exact) mass is 258 g/mol. The van der Waals surface area contributed by atoms with Crippen LogP contribution < -0.4 is 5.32 Å². The number of nitriles is 1. The Morgan fingerprint density at radius 3 is 2.16 bits per heavy atom. The number of amides is 1. The standard InChI is InChI=1S/C14H8F2N2O/c15-11-5-10(6-12(16)7-11)14(19)18-13-3-1-9(8-17)2-4-13/h1-7H,(H,18,19). The molecule has 94 valence electrons. The highest BCUT2D eigenvalue weighted by atomic mass is 19.1. The van der Waals surface area contributed by atoms with Gasteiger partial charge in [0.15, 0.2) is 0 Å². The molecule has 0 bridgehead atoms. The zero-order valence-corrected chi connectivity index (χ0v) is 9.65. The number of hydrogen-bond donors (Lipinski definition) is 1. The number of benzene rings is 2. The summed E-state index contributed by atoms with van der Waals surface area (Å²) < 4.78 is 25.9. The average molecular weight is 258 g/mol. The van der Waals surface area contributed by atoms with E-state index in [1.54, 1.807) is 0 Å². The van der Waals surface area contributed by atoms with E-state index in [1.807, 2.05) is 6.07 Å². The second-order valence-corrected chi connectivity index (χ2v) is 3.80. The number of anilines is 1. The van der Waals surface area contributed by atoms with Crippen molar-refractivity contribution < 1.29 is 13.6 Å². The molecule has 2 aromatic carbocycles. The first-order valence-electron chi connectivity index (χ1n) is 5.36. The first-order valence-corrected chi connectivity index (χ1v) is 5.36. The normalized spacial score (nSPS) is 9.74. The first kappa shape index (κ1) is 12.7. The van der Waals surface area contributed by atoms with Crippen molar-refractivity contribution in [2.24, 2.45) is 0 Å². The maximum Gasteiger partial charge on any atom is 0.255 e. The highest BCUT2D eigenvalue weighted by molar-refractivity contribution is 6.04. The lowest BCUT2D eigenvalue weighted by Gasteiger charge is -2.05. The van der Waals surface area contributed by atoms with Crippen LogP contribution in [0.3, 0.4) is 0 Å². The van der Waals surface area contributed by atoms with E-state index < -0.39 is 17.5 Å². The van der Waals surface area contributed by atoms with Gasteiger partial charge in [0.2, 0.25) is 0 Å². The highest BCUT2D eigenvalue weighted by Crippen LogP contribution is 2.13. The predicted octanol–water partition coefficient (Wildman–Crippen LogP) is 3.09. The summed E-state index contributed by atoms with van der Waals surface area (Å²) in [5.41, 5.74) is 0.783. The Bertz CT molecular complexity index is 640. The molecular formula is C14H8F2N2O. The number of hydrogen-bond acceptors (Lipinski definition) is 2. The molecule has 0 spiro atoms. The van der Waals surface area contributed by atoms with Gasteiger partial charge in [0.25, 0.3) is 5.91 Å². The van der Waals surface area contributed by atoms with E-state index in [-0.39, 0.29) is 5.56 Å². The molecular weight excluding hydrogens is 250 g/mol. The van der Waals surface area contributed by atoms with Crippen LogP contribution >= 0.6 is 0 Å². The van der Waals surface area contributed by atoms with Crippen LogP contribution in [0.1, 0.15) is 15.9 Å². The summed E-state index contributed by atoms with van der Waals surface area (Å²) in [6.07, 6.45) is 0. The van der Waals surface area contributed by atoms with E-state index >= 15 is 0 Å². The van der Waals surface area contributed by atoms with Gasteiger partial charge in [-0.05, 0) is 36.4 Å². The lowest BCUT2D eigenvalue weighted by molar-refractivity contribution is 0.102. The van der Waals surface area contributed by atoms with Gasteiger partial charge >= 0.3 is 0 Å². The van der Waals surface area contributed by atoms with Crippen molar-refractivity contribution in [3.63, 3.8) is 0 Å². The summed E-state index contributed by atoms with van der Waals surface area (Å²) in [6.45, 7) is 0. The van der Waals surface area contributed by atoms with Crippen molar-refractivity contribution >= 4 is 11.6 Å². The molecule has 0 aliphatic carbocycles. The Morgan fingerprint density at radius 2 is 1.63 bits per heavy atom. The van der Waals surface area contributed by atoms with Gasteiger partial charge in [-0.2, -0.15) is 5.26 Å². The summed E-state index contributed by atoms with van der Waals surface area (Å²) in [5.74, 6) is -2.25. The minimum atomic E-state index is -0.815. The molecule has 19 heavy (non-hydrogen) atoms. The molecule has 2 rings (SSSR count). The van der Waals surface area contributed by atoms with Gasteiger partial charge < -0.3 is 5.32 Å². The average Bonchev–Trinajstić information content (AvgIpc) is 2.38. The van der Waals surface area contributed by atoms with Gasteiger partial charge in [-0.3, -0.25) is 4.79 Å². The Labute approximate surface area is 108 Å². The second-order valence-electron chi connectivity index (χ2n) is 3.80. The van der Waals surface area contributed by atoms with Crippen molar-refractivity contribution in [3.8, 4) is 6.07 Å². The SMILES string of the molecule is N#Cc1ccc(NC(=O)c2cc(F)cc(F)c2)cc1. The van der Waals surface area contributed by atoms with Crippen LogP contribution in [0.25, 0.3) is 0 Å². The summed E-state index contributed by atoms with van der Waals surface area (Å²) in [5, 5.41) is 11.1. The molecule has 5 heteroatoms. The summed E-state index contributed by atoms with van der Waals surface area (Å²) in [6, 6.07) is 10.7. The van der Waals surface area contributed by atoms with Crippen LogP contribution in [0, 0.1) is 23.0 Å². The molecule has 1 N–H and O–H groups in total. The molecule has 0 atom stereocenters. The topological polar surface area (TPSA) is 52.9 Å². The van der Waals surface area contributed by atoms with E-state index in [0.717, 1.165) is 12.1 Å². The Balaban J connectivity index is 2.18. The quantitative estimate of drug-likeness (QED) is 0.899. The number of halogens is 2.